The summed E-state index contributed by atoms with van der Waals surface area (Å²) in [5, 5.41) is 38.6. The van der Waals surface area contributed by atoms with Crippen molar-refractivity contribution in [1.82, 2.24) is 0 Å². The second kappa shape index (κ2) is 5.72. The van der Waals surface area contributed by atoms with E-state index in [1.54, 1.807) is 24.3 Å². The molecule has 4 N–H and O–H groups in total. The van der Waals surface area contributed by atoms with Crippen LogP contribution in [0.2, 0.25) is 0 Å². The summed E-state index contributed by atoms with van der Waals surface area (Å²) in [6.07, 6.45) is 0. The lowest BCUT2D eigenvalue weighted by Gasteiger charge is -2.13. The van der Waals surface area contributed by atoms with Crippen molar-refractivity contribution in [2.24, 2.45) is 0 Å². The second-order valence-electron chi connectivity index (χ2n) is 4.28. The van der Waals surface area contributed by atoms with E-state index in [1.165, 1.54) is 14.2 Å². The van der Waals surface area contributed by atoms with E-state index in [1.807, 2.05) is 0 Å². The van der Waals surface area contributed by atoms with Gasteiger partial charge in [0.15, 0.2) is 0 Å². The molecule has 0 unspecified atom stereocenters. The van der Waals surface area contributed by atoms with E-state index in [2.05, 4.69) is 0 Å². The molecule has 20 heavy (non-hydrogen) atoms. The fourth-order valence-corrected chi connectivity index (χ4v) is 2.10. The molecule has 0 bridgehead atoms. The van der Waals surface area contributed by atoms with Crippen LogP contribution < -0.4 is 20.4 Å². The maximum atomic E-state index is 9.33. The molecule has 8 heteroatoms. The summed E-state index contributed by atoms with van der Waals surface area (Å²) < 4.78 is 10.2. The van der Waals surface area contributed by atoms with Gasteiger partial charge in [-0.05, 0) is 22.9 Å². The fourth-order valence-electron chi connectivity index (χ4n) is 2.10. The first kappa shape index (κ1) is 14.7. The van der Waals surface area contributed by atoms with Crippen LogP contribution >= 0.6 is 0 Å². The Bertz CT molecular complexity index is 574. The van der Waals surface area contributed by atoms with Crippen LogP contribution in [0.4, 0.5) is 0 Å². The molecule has 2 aromatic carbocycles. The van der Waals surface area contributed by atoms with Gasteiger partial charge in [-0.3, -0.25) is 0 Å². The molecule has 0 saturated heterocycles. The Morgan fingerprint density at radius 2 is 1.05 bits per heavy atom. The van der Waals surface area contributed by atoms with E-state index >= 15 is 0 Å². The van der Waals surface area contributed by atoms with Crippen LogP contribution in [0.1, 0.15) is 0 Å². The van der Waals surface area contributed by atoms with E-state index in [9.17, 15) is 20.1 Å². The minimum Gasteiger partial charge on any atom is -0.497 e. The molecule has 0 aliphatic carbocycles. The van der Waals surface area contributed by atoms with E-state index in [0.717, 1.165) is 0 Å². The van der Waals surface area contributed by atoms with Crippen molar-refractivity contribution in [3.8, 4) is 11.5 Å². The topological polar surface area (TPSA) is 99.4 Å². The molecule has 0 aliphatic rings. The van der Waals surface area contributed by atoms with Gasteiger partial charge in [0, 0.05) is 10.9 Å². The quantitative estimate of drug-likeness (QED) is 0.492. The summed E-state index contributed by atoms with van der Waals surface area (Å²) in [5.74, 6) is 0.604. The van der Waals surface area contributed by atoms with Crippen molar-refractivity contribution >= 4 is 35.9 Å². The van der Waals surface area contributed by atoms with Crippen LogP contribution in [0.3, 0.4) is 0 Å². The Hall–Kier alpha value is -1.73. The summed E-state index contributed by atoms with van der Waals surface area (Å²) in [4.78, 5) is 0. The van der Waals surface area contributed by atoms with Crippen molar-refractivity contribution in [2.75, 3.05) is 14.2 Å². The molecule has 0 aromatic heterocycles. The summed E-state index contributed by atoms with van der Waals surface area (Å²) in [5.41, 5.74) is 0.443. The molecule has 0 atom stereocenters. The zero-order valence-corrected chi connectivity index (χ0v) is 11.1. The number of hydrogen-bond donors (Lipinski definition) is 4. The van der Waals surface area contributed by atoms with Gasteiger partial charge >= 0.3 is 14.2 Å². The highest BCUT2D eigenvalue weighted by atomic mass is 16.5. The van der Waals surface area contributed by atoms with Crippen LogP contribution in [0.5, 0.6) is 11.5 Å². The maximum Gasteiger partial charge on any atom is 0.492 e. The van der Waals surface area contributed by atoms with E-state index in [0.29, 0.717) is 22.3 Å². The van der Waals surface area contributed by atoms with Gasteiger partial charge in [-0.1, -0.05) is 12.1 Å². The largest absolute Gasteiger partial charge is 0.497 e. The molecule has 0 fully saturated rings. The maximum absolute atomic E-state index is 9.33. The van der Waals surface area contributed by atoms with E-state index in [-0.39, 0.29) is 10.9 Å². The third kappa shape index (κ3) is 2.59. The number of fused-ring (bicyclic) bond motifs is 1. The van der Waals surface area contributed by atoms with Crippen molar-refractivity contribution in [3.05, 3.63) is 24.3 Å². The lowest BCUT2D eigenvalue weighted by Crippen LogP contribution is -2.32. The average Bonchev–Trinajstić information content (AvgIpc) is 2.43. The van der Waals surface area contributed by atoms with Gasteiger partial charge in [-0.2, -0.15) is 0 Å². The van der Waals surface area contributed by atoms with Crippen LogP contribution in [0, 0.1) is 0 Å². The van der Waals surface area contributed by atoms with Gasteiger partial charge in [-0.15, -0.1) is 0 Å². The van der Waals surface area contributed by atoms with E-state index in [4.69, 9.17) is 9.47 Å². The Morgan fingerprint density at radius 1 is 0.700 bits per heavy atom. The molecule has 2 aromatic rings. The van der Waals surface area contributed by atoms with Crippen LogP contribution in [-0.4, -0.2) is 48.6 Å². The van der Waals surface area contributed by atoms with Gasteiger partial charge in [0.2, 0.25) is 0 Å². The Labute approximate surface area is 116 Å². The highest BCUT2D eigenvalue weighted by Crippen LogP contribution is 2.23. The summed E-state index contributed by atoms with van der Waals surface area (Å²) in [6.45, 7) is 0. The molecule has 0 amide bonds. The third-order valence-corrected chi connectivity index (χ3v) is 3.09. The van der Waals surface area contributed by atoms with Crippen molar-refractivity contribution < 1.29 is 29.6 Å². The molecule has 0 heterocycles. The van der Waals surface area contributed by atoms with Gasteiger partial charge < -0.3 is 29.6 Å². The summed E-state index contributed by atoms with van der Waals surface area (Å²) in [6, 6.07) is 6.29. The minimum atomic E-state index is -1.66. The van der Waals surface area contributed by atoms with Gasteiger partial charge in [0.25, 0.3) is 0 Å². The molecule has 0 aliphatic heterocycles. The van der Waals surface area contributed by atoms with Crippen LogP contribution in [0.15, 0.2) is 24.3 Å². The third-order valence-electron chi connectivity index (χ3n) is 3.09. The molecule has 0 saturated carbocycles. The molecule has 2 rings (SSSR count). The van der Waals surface area contributed by atoms with Gasteiger partial charge in [-0.25, -0.2) is 0 Å². The molecule has 0 spiro atoms. The molecular formula is C12H14B2O6. The first-order chi connectivity index (χ1) is 9.47. The SMILES string of the molecule is COc1cc2cc(B(O)O)c(OC)cc2cc1B(O)O. The molecular weight excluding hydrogens is 262 g/mol. The summed E-state index contributed by atoms with van der Waals surface area (Å²) in [7, 11) is -0.497. The molecule has 6 nitrogen and oxygen atoms in total. The number of rotatable bonds is 4. The van der Waals surface area contributed by atoms with Crippen LogP contribution in [-0.2, 0) is 0 Å². The summed E-state index contributed by atoms with van der Waals surface area (Å²) >= 11 is 0. The van der Waals surface area contributed by atoms with Crippen molar-refractivity contribution in [3.63, 3.8) is 0 Å². The Kier molecular flexibility index (Phi) is 4.20. The van der Waals surface area contributed by atoms with Crippen molar-refractivity contribution in [1.29, 1.82) is 0 Å². The smallest absolute Gasteiger partial charge is 0.492 e. The predicted molar refractivity (Wildman–Crippen MR) is 76.7 cm³/mol. The second-order valence-corrected chi connectivity index (χ2v) is 4.28. The lowest BCUT2D eigenvalue weighted by atomic mass is 9.76. The number of benzene rings is 2. The Morgan fingerprint density at radius 3 is 1.30 bits per heavy atom. The first-order valence-corrected chi connectivity index (χ1v) is 5.89. The fraction of sp³-hybridized carbons (Fsp3) is 0.167. The molecule has 104 valence electrons. The van der Waals surface area contributed by atoms with Crippen molar-refractivity contribution in [2.45, 2.75) is 0 Å². The van der Waals surface area contributed by atoms with Gasteiger partial charge in [0.05, 0.1) is 14.2 Å². The van der Waals surface area contributed by atoms with E-state index < -0.39 is 14.2 Å². The lowest BCUT2D eigenvalue weighted by molar-refractivity contribution is 0.401. The molecule has 0 radical (unpaired) electrons. The highest BCUT2D eigenvalue weighted by molar-refractivity contribution is 6.61. The van der Waals surface area contributed by atoms with Crippen LogP contribution in [0.25, 0.3) is 10.8 Å². The Balaban J connectivity index is 2.72. The van der Waals surface area contributed by atoms with Gasteiger partial charge in [0.1, 0.15) is 11.5 Å². The number of hydrogen-bond acceptors (Lipinski definition) is 6. The zero-order chi connectivity index (χ0) is 14.9. The highest BCUT2D eigenvalue weighted by Gasteiger charge is 2.21. The number of methoxy groups -OCH3 is 2. The zero-order valence-electron chi connectivity index (χ0n) is 11.1. The normalized spacial score (nSPS) is 10.5. The predicted octanol–water partition coefficient (Wildman–Crippen LogP) is -1.78. The monoisotopic (exact) mass is 276 g/mol. The average molecular weight is 276 g/mol. The first-order valence-electron chi connectivity index (χ1n) is 5.89. The number of ether oxygens (including phenoxy) is 2. The minimum absolute atomic E-state index is 0.222. The standard InChI is InChI=1S/C12H14B2O6/c1-19-11-5-7-4-10(14(17)18)12(20-2)6-8(7)3-9(11)13(15)16/h3-6,15-18H,1-2H3.